The Bertz CT molecular complexity index is 805. The van der Waals surface area contributed by atoms with E-state index >= 15 is 0 Å². The first-order chi connectivity index (χ1) is 12.8. The van der Waals surface area contributed by atoms with Crippen LogP contribution < -0.4 is 4.74 Å². The van der Waals surface area contributed by atoms with E-state index < -0.39 is 5.60 Å². The minimum Gasteiger partial charge on any atom is -0.495 e. The van der Waals surface area contributed by atoms with Gasteiger partial charge in [-0.1, -0.05) is 12.1 Å². The van der Waals surface area contributed by atoms with Gasteiger partial charge in [0.1, 0.15) is 11.4 Å². The average molecular weight is 436 g/mol. The number of halogens is 1. The summed E-state index contributed by atoms with van der Waals surface area (Å²) in [6.45, 7) is 7.02. The number of hydrogen-bond acceptors (Lipinski definition) is 4. The molecule has 2 heterocycles. The molecule has 1 aromatic carbocycles. The van der Waals surface area contributed by atoms with Crippen molar-refractivity contribution in [2.45, 2.75) is 45.3 Å². The van der Waals surface area contributed by atoms with Crippen molar-refractivity contribution in [3.8, 4) is 16.9 Å². The topological polar surface area (TPSA) is 56.6 Å². The van der Waals surface area contributed by atoms with Crippen molar-refractivity contribution in [1.82, 2.24) is 14.7 Å². The van der Waals surface area contributed by atoms with Crippen LogP contribution in [0.2, 0.25) is 0 Å². The normalized spacial score (nSPS) is 15.7. The summed E-state index contributed by atoms with van der Waals surface area (Å²) >= 11 is 3.53. The van der Waals surface area contributed by atoms with Gasteiger partial charge >= 0.3 is 6.09 Å². The van der Waals surface area contributed by atoms with Crippen molar-refractivity contribution in [3.05, 3.63) is 35.1 Å². The molecule has 0 radical (unpaired) electrons. The molecule has 1 aromatic heterocycles. The quantitative estimate of drug-likeness (QED) is 0.688. The highest BCUT2D eigenvalue weighted by atomic mass is 79.9. The van der Waals surface area contributed by atoms with E-state index in [0.29, 0.717) is 13.1 Å². The van der Waals surface area contributed by atoms with Crippen LogP contribution in [-0.4, -0.2) is 46.6 Å². The van der Waals surface area contributed by atoms with Crippen molar-refractivity contribution in [2.24, 2.45) is 0 Å². The summed E-state index contributed by atoms with van der Waals surface area (Å²) in [4.78, 5) is 14.0. The van der Waals surface area contributed by atoms with Crippen molar-refractivity contribution in [2.75, 3.05) is 20.2 Å². The summed E-state index contributed by atoms with van der Waals surface area (Å²) in [5.41, 5.74) is 1.56. The molecule has 1 amide bonds. The summed E-state index contributed by atoms with van der Waals surface area (Å²) < 4.78 is 13.9. The number of carbonyl (C=O) groups is 1. The molecule has 0 spiro atoms. The first-order valence-electron chi connectivity index (χ1n) is 9.13. The third-order valence-electron chi connectivity index (χ3n) is 4.57. The Kier molecular flexibility index (Phi) is 5.79. The van der Waals surface area contributed by atoms with Gasteiger partial charge in [0.05, 0.1) is 23.8 Å². The lowest BCUT2D eigenvalue weighted by Gasteiger charge is -2.33. The molecule has 0 bridgehead atoms. The number of amides is 1. The molecule has 0 unspecified atom stereocenters. The van der Waals surface area contributed by atoms with Gasteiger partial charge in [-0.15, -0.1) is 0 Å². The predicted octanol–water partition coefficient (Wildman–Crippen LogP) is 4.89. The molecule has 0 N–H and O–H groups in total. The molecule has 2 aromatic rings. The van der Waals surface area contributed by atoms with E-state index in [9.17, 15) is 4.79 Å². The van der Waals surface area contributed by atoms with Gasteiger partial charge in [0.2, 0.25) is 0 Å². The van der Waals surface area contributed by atoms with Crippen LogP contribution in [0, 0.1) is 0 Å². The molecular formula is C20H26BrN3O3. The second-order valence-electron chi connectivity index (χ2n) is 7.73. The van der Waals surface area contributed by atoms with Gasteiger partial charge in [-0.3, -0.25) is 4.68 Å². The van der Waals surface area contributed by atoms with E-state index in [2.05, 4.69) is 27.2 Å². The van der Waals surface area contributed by atoms with Gasteiger partial charge < -0.3 is 14.4 Å². The maximum atomic E-state index is 12.2. The Labute approximate surface area is 168 Å². The van der Waals surface area contributed by atoms with Crippen molar-refractivity contribution in [3.63, 3.8) is 0 Å². The Hall–Kier alpha value is -2.02. The van der Waals surface area contributed by atoms with Gasteiger partial charge in [0.25, 0.3) is 0 Å². The monoisotopic (exact) mass is 435 g/mol. The summed E-state index contributed by atoms with van der Waals surface area (Å²) in [5, 5.41) is 4.56. The van der Waals surface area contributed by atoms with Crippen LogP contribution in [-0.2, 0) is 4.74 Å². The highest BCUT2D eigenvalue weighted by Crippen LogP contribution is 2.36. The van der Waals surface area contributed by atoms with Crippen molar-refractivity contribution >= 4 is 22.0 Å². The highest BCUT2D eigenvalue weighted by Gasteiger charge is 2.28. The lowest BCUT2D eigenvalue weighted by atomic mass is 10.1. The summed E-state index contributed by atoms with van der Waals surface area (Å²) in [7, 11) is 1.67. The Morgan fingerprint density at radius 3 is 2.59 bits per heavy atom. The number of benzene rings is 1. The van der Waals surface area contributed by atoms with Crippen LogP contribution in [0.1, 0.15) is 39.7 Å². The first-order valence-corrected chi connectivity index (χ1v) is 9.93. The number of para-hydroxylation sites is 1. The molecule has 3 rings (SSSR count). The third kappa shape index (κ3) is 4.64. The first kappa shape index (κ1) is 19.7. The molecular weight excluding hydrogens is 410 g/mol. The van der Waals surface area contributed by atoms with Gasteiger partial charge in [0, 0.05) is 30.4 Å². The van der Waals surface area contributed by atoms with Crippen molar-refractivity contribution < 1.29 is 14.3 Å². The number of hydrogen-bond donors (Lipinski definition) is 0. The fourth-order valence-electron chi connectivity index (χ4n) is 3.26. The molecule has 6 nitrogen and oxygen atoms in total. The molecule has 27 heavy (non-hydrogen) atoms. The van der Waals surface area contributed by atoms with E-state index in [1.165, 1.54) is 0 Å². The highest BCUT2D eigenvalue weighted by molar-refractivity contribution is 9.10. The summed E-state index contributed by atoms with van der Waals surface area (Å²) in [5.74, 6) is 0.803. The average Bonchev–Trinajstić information content (AvgIpc) is 3.10. The minimum absolute atomic E-state index is 0.235. The second kappa shape index (κ2) is 7.92. The molecule has 0 saturated carbocycles. The maximum Gasteiger partial charge on any atom is 0.410 e. The summed E-state index contributed by atoms with van der Waals surface area (Å²) in [6.07, 6.45) is 5.40. The number of methoxy groups -OCH3 is 1. The Morgan fingerprint density at radius 2 is 1.96 bits per heavy atom. The van der Waals surface area contributed by atoms with E-state index in [4.69, 9.17) is 9.47 Å². The lowest BCUT2D eigenvalue weighted by molar-refractivity contribution is 0.0185. The number of nitrogens with zero attached hydrogens (tertiary/aromatic N) is 3. The number of carbonyl (C=O) groups excluding carboxylic acids is 1. The number of rotatable bonds is 3. The van der Waals surface area contributed by atoms with Gasteiger partial charge in [-0.05, 0) is 55.6 Å². The molecule has 1 aliphatic heterocycles. The number of ether oxygens (including phenoxy) is 2. The van der Waals surface area contributed by atoms with E-state index in [-0.39, 0.29) is 12.1 Å². The predicted molar refractivity (Wildman–Crippen MR) is 108 cm³/mol. The van der Waals surface area contributed by atoms with Gasteiger partial charge in [0.15, 0.2) is 0 Å². The van der Waals surface area contributed by atoms with Crippen molar-refractivity contribution in [1.29, 1.82) is 0 Å². The molecule has 1 saturated heterocycles. The molecule has 1 aliphatic rings. The van der Waals surface area contributed by atoms with Crippen LogP contribution in [0.15, 0.2) is 35.1 Å². The third-order valence-corrected chi connectivity index (χ3v) is 5.20. The van der Waals surface area contributed by atoms with Crippen LogP contribution in [0.4, 0.5) is 4.79 Å². The van der Waals surface area contributed by atoms with E-state index in [1.807, 2.05) is 49.8 Å². The zero-order valence-corrected chi connectivity index (χ0v) is 17.8. The van der Waals surface area contributed by atoms with Crippen LogP contribution >= 0.6 is 15.9 Å². The number of aromatic nitrogens is 2. The second-order valence-corrected chi connectivity index (χ2v) is 8.58. The molecule has 7 heteroatoms. The maximum absolute atomic E-state index is 12.2. The molecule has 0 atom stereocenters. The SMILES string of the molecule is COc1c(Br)cccc1-c1cnn(C2CCN(C(=O)OC(C)(C)C)CC2)c1. The standard InChI is InChI=1S/C20H26BrN3O3/c1-20(2,3)27-19(25)23-10-8-15(9-11-23)24-13-14(12-22-24)16-6-5-7-17(21)18(16)26-4/h5-7,12-13,15H,8-11H2,1-4H3. The fraction of sp³-hybridized carbons (Fsp3) is 0.500. The molecule has 1 fully saturated rings. The Balaban J connectivity index is 1.67. The zero-order chi connectivity index (χ0) is 19.6. The zero-order valence-electron chi connectivity index (χ0n) is 16.2. The van der Waals surface area contributed by atoms with E-state index in [0.717, 1.165) is 34.2 Å². The Morgan fingerprint density at radius 1 is 1.26 bits per heavy atom. The van der Waals surface area contributed by atoms with E-state index in [1.54, 1.807) is 12.0 Å². The van der Waals surface area contributed by atoms with Gasteiger partial charge in [-0.25, -0.2) is 4.79 Å². The minimum atomic E-state index is -0.464. The largest absolute Gasteiger partial charge is 0.495 e. The smallest absolute Gasteiger partial charge is 0.410 e. The number of likely N-dealkylation sites (tertiary alicyclic amines) is 1. The fourth-order valence-corrected chi connectivity index (χ4v) is 3.79. The lowest BCUT2D eigenvalue weighted by Crippen LogP contribution is -2.42. The van der Waals surface area contributed by atoms with Crippen LogP contribution in [0.3, 0.4) is 0 Å². The van der Waals surface area contributed by atoms with Crippen LogP contribution in [0.25, 0.3) is 11.1 Å². The van der Waals surface area contributed by atoms with Crippen LogP contribution in [0.5, 0.6) is 5.75 Å². The molecule has 0 aliphatic carbocycles. The van der Waals surface area contributed by atoms with Gasteiger partial charge in [-0.2, -0.15) is 5.10 Å². The number of piperidine rings is 1. The molecule has 146 valence electrons. The summed E-state index contributed by atoms with van der Waals surface area (Å²) in [6, 6.07) is 6.24.